The summed E-state index contributed by atoms with van der Waals surface area (Å²) in [5, 5.41) is 19.7. The molecule has 104 valence electrons. The first kappa shape index (κ1) is 16.4. The molecule has 6 heteroatoms. The molecular formula is C12H21NO5. The minimum atomic E-state index is -1.20. The minimum Gasteiger partial charge on any atom is -0.481 e. The summed E-state index contributed by atoms with van der Waals surface area (Å²) in [6, 6.07) is -1.11. The van der Waals surface area contributed by atoms with Crippen molar-refractivity contribution in [1.29, 1.82) is 0 Å². The Balaban J connectivity index is 3.96. The molecule has 0 bridgehead atoms. The van der Waals surface area contributed by atoms with E-state index in [2.05, 4.69) is 12.2 Å². The van der Waals surface area contributed by atoms with Crippen molar-refractivity contribution >= 4 is 17.8 Å². The van der Waals surface area contributed by atoms with E-state index in [1.165, 1.54) is 0 Å². The Labute approximate surface area is 106 Å². The van der Waals surface area contributed by atoms with E-state index in [1.807, 2.05) is 0 Å². The number of carboxylic acid groups (broad SMARTS) is 2. The predicted molar refractivity (Wildman–Crippen MR) is 65.2 cm³/mol. The Morgan fingerprint density at radius 1 is 1.06 bits per heavy atom. The number of rotatable bonds is 10. The van der Waals surface area contributed by atoms with Crippen molar-refractivity contribution in [1.82, 2.24) is 5.32 Å². The van der Waals surface area contributed by atoms with Gasteiger partial charge in [-0.2, -0.15) is 0 Å². The van der Waals surface area contributed by atoms with Crippen molar-refractivity contribution in [3.8, 4) is 0 Å². The molecule has 0 aliphatic rings. The van der Waals surface area contributed by atoms with E-state index < -0.39 is 18.0 Å². The largest absolute Gasteiger partial charge is 0.481 e. The third kappa shape index (κ3) is 8.55. The van der Waals surface area contributed by atoms with Crippen molar-refractivity contribution in [3.63, 3.8) is 0 Å². The van der Waals surface area contributed by atoms with E-state index in [9.17, 15) is 14.4 Å². The van der Waals surface area contributed by atoms with Crippen molar-refractivity contribution in [2.75, 3.05) is 0 Å². The van der Waals surface area contributed by atoms with Gasteiger partial charge in [0.2, 0.25) is 5.91 Å². The molecule has 0 saturated heterocycles. The van der Waals surface area contributed by atoms with Crippen LogP contribution in [0.25, 0.3) is 0 Å². The summed E-state index contributed by atoms with van der Waals surface area (Å²) < 4.78 is 0. The highest BCUT2D eigenvalue weighted by Gasteiger charge is 2.20. The zero-order chi connectivity index (χ0) is 14.0. The summed E-state index contributed by atoms with van der Waals surface area (Å²) in [5.74, 6) is -2.60. The number of aliphatic carboxylic acids is 2. The fraction of sp³-hybridized carbons (Fsp3) is 0.750. The van der Waals surface area contributed by atoms with Gasteiger partial charge in [-0.15, -0.1) is 0 Å². The Kier molecular flexibility index (Phi) is 8.61. The Bertz CT molecular complexity index is 290. The molecule has 0 rings (SSSR count). The summed E-state index contributed by atoms with van der Waals surface area (Å²) in [7, 11) is 0. The predicted octanol–water partition coefficient (Wildman–Crippen LogP) is 1.39. The fourth-order valence-corrected chi connectivity index (χ4v) is 1.50. The lowest BCUT2D eigenvalue weighted by atomic mass is 10.1. The summed E-state index contributed by atoms with van der Waals surface area (Å²) in [6.07, 6.45) is 3.71. The number of carbonyl (C=O) groups is 3. The van der Waals surface area contributed by atoms with E-state index in [-0.39, 0.29) is 25.2 Å². The van der Waals surface area contributed by atoms with Crippen LogP contribution in [-0.4, -0.2) is 34.1 Å². The SMILES string of the molecule is CCCCCCC(=O)N[C@H](CCC(=O)O)C(=O)O. The minimum absolute atomic E-state index is 0.0919. The Morgan fingerprint density at radius 3 is 2.22 bits per heavy atom. The first-order chi connectivity index (χ1) is 8.47. The van der Waals surface area contributed by atoms with Gasteiger partial charge in [-0.3, -0.25) is 9.59 Å². The molecule has 6 nitrogen and oxygen atoms in total. The molecule has 18 heavy (non-hydrogen) atoms. The van der Waals surface area contributed by atoms with Crippen molar-refractivity contribution in [2.24, 2.45) is 0 Å². The molecule has 0 aliphatic heterocycles. The molecule has 0 saturated carbocycles. The zero-order valence-corrected chi connectivity index (χ0v) is 10.6. The normalized spacial score (nSPS) is 11.8. The number of hydrogen-bond donors (Lipinski definition) is 3. The van der Waals surface area contributed by atoms with Crippen molar-refractivity contribution in [2.45, 2.75) is 57.9 Å². The lowest BCUT2D eigenvalue weighted by Crippen LogP contribution is -2.41. The number of unbranched alkanes of at least 4 members (excludes halogenated alkanes) is 3. The highest BCUT2D eigenvalue weighted by atomic mass is 16.4. The van der Waals surface area contributed by atoms with Crippen LogP contribution in [0.4, 0.5) is 0 Å². The zero-order valence-electron chi connectivity index (χ0n) is 10.6. The average molecular weight is 259 g/mol. The molecule has 0 spiro atoms. The van der Waals surface area contributed by atoms with E-state index in [0.29, 0.717) is 0 Å². The van der Waals surface area contributed by atoms with Crippen molar-refractivity contribution < 1.29 is 24.6 Å². The molecule has 0 aromatic carbocycles. The number of carboxylic acids is 2. The van der Waals surface area contributed by atoms with Crippen LogP contribution in [0.1, 0.15) is 51.9 Å². The van der Waals surface area contributed by atoms with Crippen LogP contribution in [0, 0.1) is 0 Å². The van der Waals surface area contributed by atoms with E-state index in [0.717, 1.165) is 25.7 Å². The monoisotopic (exact) mass is 259 g/mol. The lowest BCUT2D eigenvalue weighted by molar-refractivity contribution is -0.143. The second-order valence-corrected chi connectivity index (χ2v) is 4.20. The van der Waals surface area contributed by atoms with Gasteiger partial charge in [0.05, 0.1) is 0 Å². The molecule has 3 N–H and O–H groups in total. The van der Waals surface area contributed by atoms with Crippen LogP contribution < -0.4 is 5.32 Å². The van der Waals surface area contributed by atoms with Crippen LogP contribution in [-0.2, 0) is 14.4 Å². The Morgan fingerprint density at radius 2 is 1.72 bits per heavy atom. The third-order valence-corrected chi connectivity index (χ3v) is 2.54. The van der Waals surface area contributed by atoms with Crippen LogP contribution >= 0.6 is 0 Å². The van der Waals surface area contributed by atoms with Crippen LogP contribution in [0.5, 0.6) is 0 Å². The van der Waals surface area contributed by atoms with Gasteiger partial charge in [0, 0.05) is 12.8 Å². The van der Waals surface area contributed by atoms with Crippen LogP contribution in [0.15, 0.2) is 0 Å². The van der Waals surface area contributed by atoms with E-state index in [4.69, 9.17) is 10.2 Å². The third-order valence-electron chi connectivity index (χ3n) is 2.54. The molecule has 0 radical (unpaired) electrons. The van der Waals surface area contributed by atoms with Gasteiger partial charge in [-0.1, -0.05) is 26.2 Å². The molecule has 1 atom stereocenters. The second-order valence-electron chi connectivity index (χ2n) is 4.20. The highest BCUT2D eigenvalue weighted by Crippen LogP contribution is 2.04. The molecule has 1 amide bonds. The number of hydrogen-bond acceptors (Lipinski definition) is 3. The molecule has 0 aromatic rings. The second kappa shape index (κ2) is 9.44. The first-order valence-electron chi connectivity index (χ1n) is 6.21. The maximum Gasteiger partial charge on any atom is 0.326 e. The lowest BCUT2D eigenvalue weighted by Gasteiger charge is -2.13. The summed E-state index contributed by atoms with van der Waals surface area (Å²) in [6.45, 7) is 2.06. The molecule has 0 fully saturated rings. The Hall–Kier alpha value is -1.59. The van der Waals surface area contributed by atoms with Gasteiger partial charge >= 0.3 is 11.9 Å². The van der Waals surface area contributed by atoms with Crippen molar-refractivity contribution in [3.05, 3.63) is 0 Å². The van der Waals surface area contributed by atoms with Gasteiger partial charge in [-0.05, 0) is 12.8 Å². The molecule has 0 heterocycles. The van der Waals surface area contributed by atoms with E-state index in [1.54, 1.807) is 0 Å². The maximum absolute atomic E-state index is 11.4. The van der Waals surface area contributed by atoms with Gasteiger partial charge in [0.1, 0.15) is 6.04 Å². The first-order valence-corrected chi connectivity index (χ1v) is 6.21. The van der Waals surface area contributed by atoms with E-state index >= 15 is 0 Å². The quantitative estimate of drug-likeness (QED) is 0.514. The smallest absolute Gasteiger partial charge is 0.326 e. The van der Waals surface area contributed by atoms with Gasteiger partial charge in [0.15, 0.2) is 0 Å². The van der Waals surface area contributed by atoms with Gasteiger partial charge in [-0.25, -0.2) is 4.79 Å². The van der Waals surface area contributed by atoms with Gasteiger partial charge in [0.25, 0.3) is 0 Å². The molecular weight excluding hydrogens is 238 g/mol. The molecule has 0 unspecified atom stereocenters. The number of nitrogens with one attached hydrogen (secondary N) is 1. The topological polar surface area (TPSA) is 104 Å². The highest BCUT2D eigenvalue weighted by molar-refractivity contribution is 5.83. The van der Waals surface area contributed by atoms with Crippen LogP contribution in [0.3, 0.4) is 0 Å². The number of carbonyl (C=O) groups excluding carboxylic acids is 1. The average Bonchev–Trinajstić information content (AvgIpc) is 2.29. The van der Waals surface area contributed by atoms with Gasteiger partial charge < -0.3 is 15.5 Å². The summed E-state index contributed by atoms with van der Waals surface area (Å²) in [5.41, 5.74) is 0. The fourth-order valence-electron chi connectivity index (χ4n) is 1.50. The molecule has 0 aromatic heterocycles. The standard InChI is InChI=1S/C12H21NO5/c1-2-3-4-5-6-10(14)13-9(12(17)18)7-8-11(15)16/h9H,2-8H2,1H3,(H,13,14)(H,15,16)(H,17,18)/t9-/m1/s1. The summed E-state index contributed by atoms with van der Waals surface area (Å²) in [4.78, 5) is 32.6. The maximum atomic E-state index is 11.4. The van der Waals surface area contributed by atoms with Crippen LogP contribution in [0.2, 0.25) is 0 Å². The number of amides is 1. The summed E-state index contributed by atoms with van der Waals surface area (Å²) >= 11 is 0. The molecule has 0 aliphatic carbocycles.